The summed E-state index contributed by atoms with van der Waals surface area (Å²) in [5.74, 6) is -1.04. The van der Waals surface area contributed by atoms with Gasteiger partial charge in [-0.15, -0.1) is 0 Å². The molecule has 1 aliphatic heterocycles. The summed E-state index contributed by atoms with van der Waals surface area (Å²) < 4.78 is 5.05. The van der Waals surface area contributed by atoms with Gasteiger partial charge in [-0.2, -0.15) is 0 Å². The molecule has 2 rings (SSSR count). The smallest absolute Gasteiger partial charge is 0.311 e. The number of nitrogens with two attached hydrogens (primary N) is 1. The molecule has 0 aliphatic carbocycles. The van der Waals surface area contributed by atoms with E-state index in [0.717, 1.165) is 0 Å². The van der Waals surface area contributed by atoms with Gasteiger partial charge in [0.1, 0.15) is 4.88 Å². The molecular weight excluding hydrogens is 318 g/mol. The molecule has 23 heavy (non-hydrogen) atoms. The predicted octanol–water partition coefficient (Wildman–Crippen LogP) is 1.63. The highest BCUT2D eigenvalue weighted by molar-refractivity contribution is 7.17. The van der Waals surface area contributed by atoms with Gasteiger partial charge >= 0.3 is 5.97 Å². The van der Waals surface area contributed by atoms with E-state index in [1.165, 1.54) is 11.3 Å². The fourth-order valence-electron chi connectivity index (χ4n) is 3.01. The van der Waals surface area contributed by atoms with E-state index in [4.69, 9.17) is 10.5 Å². The van der Waals surface area contributed by atoms with E-state index >= 15 is 0 Å². The third kappa shape index (κ3) is 3.64. The third-order valence-corrected chi connectivity index (χ3v) is 5.26. The molecule has 0 spiro atoms. The molecule has 0 unspecified atom stereocenters. The molecule has 1 aromatic heterocycles. The number of carboxylic acids is 1. The molecule has 0 bridgehead atoms. The van der Waals surface area contributed by atoms with Gasteiger partial charge in [-0.3, -0.25) is 9.59 Å². The van der Waals surface area contributed by atoms with Crippen LogP contribution in [0.4, 0.5) is 5.13 Å². The van der Waals surface area contributed by atoms with Crippen LogP contribution in [-0.2, 0) is 16.0 Å². The fourth-order valence-corrected chi connectivity index (χ4v) is 3.90. The van der Waals surface area contributed by atoms with E-state index < -0.39 is 11.4 Å². The van der Waals surface area contributed by atoms with Gasteiger partial charge in [0.2, 0.25) is 0 Å². The number of hydrogen-bond donors (Lipinski definition) is 2. The maximum atomic E-state index is 12.8. The lowest BCUT2D eigenvalue weighted by Crippen LogP contribution is -2.50. The lowest BCUT2D eigenvalue weighted by Gasteiger charge is -2.39. The number of rotatable bonds is 6. The van der Waals surface area contributed by atoms with Crippen molar-refractivity contribution < 1.29 is 19.4 Å². The zero-order valence-corrected chi connectivity index (χ0v) is 14.3. The predicted molar refractivity (Wildman–Crippen MR) is 87.6 cm³/mol. The average molecular weight is 341 g/mol. The third-order valence-electron chi connectivity index (χ3n) is 4.35. The monoisotopic (exact) mass is 341 g/mol. The van der Waals surface area contributed by atoms with E-state index in [2.05, 4.69) is 4.98 Å². The van der Waals surface area contributed by atoms with Gasteiger partial charge in [-0.05, 0) is 25.7 Å². The first-order valence-corrected chi connectivity index (χ1v) is 8.52. The quantitative estimate of drug-likeness (QED) is 0.814. The molecule has 1 fully saturated rings. The number of anilines is 1. The fraction of sp³-hybridized carbons (Fsp3) is 0.667. The number of carboxylic acid groups (broad SMARTS) is 1. The molecule has 0 radical (unpaired) electrons. The number of likely N-dealkylation sites (tertiary alicyclic amines) is 1. The molecule has 3 N–H and O–H groups in total. The Balaban J connectivity index is 2.22. The van der Waals surface area contributed by atoms with Crippen LogP contribution >= 0.6 is 11.3 Å². The van der Waals surface area contributed by atoms with E-state index in [-0.39, 0.29) is 12.5 Å². The number of hydrogen-bond acceptors (Lipinski definition) is 6. The zero-order valence-electron chi connectivity index (χ0n) is 13.5. The number of ether oxygens (including phenoxy) is 1. The van der Waals surface area contributed by atoms with Crippen molar-refractivity contribution in [2.24, 2.45) is 5.41 Å². The Bertz CT molecular complexity index is 589. The van der Waals surface area contributed by atoms with Crippen molar-refractivity contribution in [1.82, 2.24) is 9.88 Å². The van der Waals surface area contributed by atoms with E-state index in [1.807, 2.05) is 6.92 Å². The summed E-state index contributed by atoms with van der Waals surface area (Å²) in [4.78, 5) is 30.9. The summed E-state index contributed by atoms with van der Waals surface area (Å²) >= 11 is 1.17. The Kier molecular flexibility index (Phi) is 5.59. The number of carbonyl (C=O) groups excluding carboxylic acids is 1. The van der Waals surface area contributed by atoms with Crippen LogP contribution in [0.3, 0.4) is 0 Å². The summed E-state index contributed by atoms with van der Waals surface area (Å²) in [7, 11) is 1.55. The zero-order chi connectivity index (χ0) is 17.0. The van der Waals surface area contributed by atoms with Gasteiger partial charge in [0.05, 0.1) is 11.1 Å². The topological polar surface area (TPSA) is 106 Å². The highest BCUT2D eigenvalue weighted by Crippen LogP contribution is 2.35. The van der Waals surface area contributed by atoms with Crippen molar-refractivity contribution in [3.8, 4) is 0 Å². The first-order chi connectivity index (χ1) is 10.9. The van der Waals surface area contributed by atoms with Crippen molar-refractivity contribution in [3.05, 3.63) is 10.6 Å². The highest BCUT2D eigenvalue weighted by atomic mass is 32.1. The van der Waals surface area contributed by atoms with Crippen molar-refractivity contribution in [2.45, 2.75) is 32.6 Å². The highest BCUT2D eigenvalue weighted by Gasteiger charge is 2.43. The summed E-state index contributed by atoms with van der Waals surface area (Å²) in [5, 5.41) is 10.0. The lowest BCUT2D eigenvalue weighted by molar-refractivity contribution is -0.153. The number of piperidine rings is 1. The maximum absolute atomic E-state index is 12.8. The molecule has 2 heterocycles. The van der Waals surface area contributed by atoms with Crippen molar-refractivity contribution in [2.75, 3.05) is 32.5 Å². The van der Waals surface area contributed by atoms with Gasteiger partial charge in [0.15, 0.2) is 5.13 Å². The number of aryl methyl sites for hydroxylation is 1. The Morgan fingerprint density at radius 2 is 2.26 bits per heavy atom. The lowest BCUT2D eigenvalue weighted by atomic mass is 9.77. The molecule has 1 saturated heterocycles. The van der Waals surface area contributed by atoms with Crippen LogP contribution in [0.15, 0.2) is 0 Å². The second kappa shape index (κ2) is 7.27. The van der Waals surface area contributed by atoms with Gasteiger partial charge in [0, 0.05) is 26.8 Å². The van der Waals surface area contributed by atoms with Crippen molar-refractivity contribution >= 4 is 28.3 Å². The first-order valence-electron chi connectivity index (χ1n) is 7.70. The Hall–Kier alpha value is -1.67. The summed E-state index contributed by atoms with van der Waals surface area (Å²) in [6.45, 7) is 3.04. The van der Waals surface area contributed by atoms with Gasteiger partial charge in [-0.25, -0.2) is 4.98 Å². The molecule has 1 aliphatic rings. The number of methoxy groups -OCH3 is 1. The molecule has 8 heteroatoms. The number of carbonyl (C=O) groups is 2. The first kappa shape index (κ1) is 17.7. The number of aromatic nitrogens is 1. The normalized spacial score (nSPS) is 21.4. The Labute approximate surface area is 139 Å². The Morgan fingerprint density at radius 1 is 1.52 bits per heavy atom. The van der Waals surface area contributed by atoms with Gasteiger partial charge < -0.3 is 20.5 Å². The Morgan fingerprint density at radius 3 is 2.87 bits per heavy atom. The minimum atomic E-state index is -0.938. The van der Waals surface area contributed by atoms with Crippen LogP contribution in [0.1, 0.15) is 41.6 Å². The molecule has 1 atom stereocenters. The SMILES string of the molecule is CCc1nc(N)sc1C(=O)N1CCC[C@@](CCOC)(C(=O)O)C1. The number of aliphatic carboxylic acids is 1. The van der Waals surface area contributed by atoms with Crippen LogP contribution in [-0.4, -0.2) is 53.7 Å². The molecule has 128 valence electrons. The van der Waals surface area contributed by atoms with E-state index in [9.17, 15) is 14.7 Å². The number of nitrogen functional groups attached to an aromatic ring is 1. The van der Waals surface area contributed by atoms with Crippen LogP contribution in [0.5, 0.6) is 0 Å². The molecule has 0 saturated carbocycles. The van der Waals surface area contributed by atoms with Gasteiger partial charge in [-0.1, -0.05) is 18.3 Å². The molecule has 1 aromatic rings. The average Bonchev–Trinajstić information content (AvgIpc) is 2.93. The minimum absolute atomic E-state index is 0.168. The second-order valence-corrected chi connectivity index (χ2v) is 6.87. The standard InChI is InChI=1S/C15H23N3O4S/c1-3-10-11(23-14(16)17-10)12(19)18-7-4-5-15(9-18,13(20)21)6-8-22-2/h3-9H2,1-2H3,(H2,16,17)(H,20,21)/t15-/m0/s1. The van der Waals surface area contributed by atoms with Gasteiger partial charge in [0.25, 0.3) is 5.91 Å². The van der Waals surface area contributed by atoms with Crippen molar-refractivity contribution in [1.29, 1.82) is 0 Å². The largest absolute Gasteiger partial charge is 0.481 e. The summed E-state index contributed by atoms with van der Waals surface area (Å²) in [6.07, 6.45) is 2.24. The van der Waals surface area contributed by atoms with Crippen LogP contribution < -0.4 is 5.73 Å². The minimum Gasteiger partial charge on any atom is -0.481 e. The van der Waals surface area contributed by atoms with Crippen LogP contribution in [0.2, 0.25) is 0 Å². The van der Waals surface area contributed by atoms with E-state index in [0.29, 0.717) is 54.5 Å². The van der Waals surface area contributed by atoms with Crippen molar-refractivity contribution in [3.63, 3.8) is 0 Å². The number of thiazole rings is 1. The summed E-state index contributed by atoms with van der Waals surface area (Å²) in [6, 6.07) is 0. The second-order valence-electron chi connectivity index (χ2n) is 5.84. The molecule has 0 aromatic carbocycles. The number of amides is 1. The van der Waals surface area contributed by atoms with Crippen LogP contribution in [0, 0.1) is 5.41 Å². The molecular formula is C15H23N3O4S. The maximum Gasteiger partial charge on any atom is 0.311 e. The van der Waals surface area contributed by atoms with E-state index in [1.54, 1.807) is 12.0 Å². The molecule has 7 nitrogen and oxygen atoms in total. The van der Waals surface area contributed by atoms with Crippen LogP contribution in [0.25, 0.3) is 0 Å². The number of nitrogens with zero attached hydrogens (tertiary/aromatic N) is 2. The molecule has 1 amide bonds. The summed E-state index contributed by atoms with van der Waals surface area (Å²) in [5.41, 5.74) is 5.46.